The number of carbonyl (C=O) groups excluding carboxylic acids is 1. The van der Waals surface area contributed by atoms with Crippen LogP contribution in [0.2, 0.25) is 0 Å². The molecule has 5 nitrogen and oxygen atoms in total. The van der Waals surface area contributed by atoms with Gasteiger partial charge < -0.3 is 9.80 Å². The number of thiazole rings is 1. The molecule has 1 amide bonds. The Morgan fingerprint density at radius 2 is 1.86 bits per heavy atom. The summed E-state index contributed by atoms with van der Waals surface area (Å²) >= 11 is 1.64. The van der Waals surface area contributed by atoms with E-state index in [1.54, 1.807) is 11.3 Å². The number of likely N-dealkylation sites (tertiary alicyclic amines) is 1. The van der Waals surface area contributed by atoms with E-state index < -0.39 is 0 Å². The molecule has 2 saturated heterocycles. The lowest BCUT2D eigenvalue weighted by atomic mass is 10.0. The Balaban J connectivity index is 1.34. The van der Waals surface area contributed by atoms with E-state index in [0.717, 1.165) is 68.4 Å². The van der Waals surface area contributed by atoms with Crippen molar-refractivity contribution in [2.75, 3.05) is 39.8 Å². The molecule has 0 N–H and O–H groups in total. The van der Waals surface area contributed by atoms with Crippen LogP contribution in [-0.2, 0) is 17.8 Å². The molecule has 0 saturated carbocycles. The molecular formula is C23H32N4OS. The van der Waals surface area contributed by atoms with Crippen LogP contribution in [0.1, 0.15) is 37.4 Å². The van der Waals surface area contributed by atoms with Gasteiger partial charge in [0, 0.05) is 56.3 Å². The Morgan fingerprint density at radius 3 is 2.59 bits per heavy atom. The molecule has 1 atom stereocenters. The Labute approximate surface area is 178 Å². The van der Waals surface area contributed by atoms with Crippen molar-refractivity contribution in [3.05, 3.63) is 40.9 Å². The number of piperidine rings is 1. The van der Waals surface area contributed by atoms with Crippen LogP contribution in [0.15, 0.2) is 29.6 Å². The van der Waals surface area contributed by atoms with Gasteiger partial charge in [0.15, 0.2) is 0 Å². The van der Waals surface area contributed by atoms with Crippen molar-refractivity contribution < 1.29 is 4.79 Å². The van der Waals surface area contributed by atoms with Crippen LogP contribution in [0.4, 0.5) is 0 Å². The van der Waals surface area contributed by atoms with Gasteiger partial charge in [0.2, 0.25) is 5.91 Å². The quantitative estimate of drug-likeness (QED) is 0.754. The molecule has 2 aliphatic rings. The zero-order valence-electron chi connectivity index (χ0n) is 17.6. The molecule has 6 heteroatoms. The smallest absolute Gasteiger partial charge is 0.228 e. The van der Waals surface area contributed by atoms with Crippen LogP contribution in [0, 0.1) is 0 Å². The Hall–Kier alpha value is -1.76. The lowest BCUT2D eigenvalue weighted by molar-refractivity contribution is -0.133. The third-order valence-electron chi connectivity index (χ3n) is 6.21. The summed E-state index contributed by atoms with van der Waals surface area (Å²) in [5.41, 5.74) is 3.39. The lowest BCUT2D eigenvalue weighted by Crippen LogP contribution is -2.43. The van der Waals surface area contributed by atoms with Crippen LogP contribution in [0.3, 0.4) is 0 Å². The van der Waals surface area contributed by atoms with Crippen molar-refractivity contribution in [3.8, 4) is 10.6 Å². The van der Waals surface area contributed by atoms with E-state index in [0.29, 0.717) is 12.5 Å². The zero-order valence-corrected chi connectivity index (χ0v) is 18.5. The first-order valence-electron chi connectivity index (χ1n) is 10.8. The maximum atomic E-state index is 12.7. The summed E-state index contributed by atoms with van der Waals surface area (Å²) in [5, 5.41) is 3.05. The lowest BCUT2D eigenvalue weighted by Gasteiger charge is -2.33. The molecule has 1 aromatic heterocycles. The SMILES string of the molecule is CC1CCCCN1C(=O)Cc1csc(-c2ccc(CN3CCN(C)CC3)cc2)n1. The molecule has 156 valence electrons. The second-order valence-electron chi connectivity index (χ2n) is 8.53. The van der Waals surface area contributed by atoms with Gasteiger partial charge in [0.1, 0.15) is 5.01 Å². The fourth-order valence-electron chi connectivity index (χ4n) is 4.26. The van der Waals surface area contributed by atoms with Crippen molar-refractivity contribution in [2.24, 2.45) is 0 Å². The topological polar surface area (TPSA) is 39.7 Å². The molecule has 2 aliphatic heterocycles. The van der Waals surface area contributed by atoms with Crippen molar-refractivity contribution in [1.82, 2.24) is 19.7 Å². The Bertz CT molecular complexity index is 811. The van der Waals surface area contributed by atoms with Crippen LogP contribution >= 0.6 is 11.3 Å². The highest BCUT2D eigenvalue weighted by molar-refractivity contribution is 7.13. The van der Waals surface area contributed by atoms with Gasteiger partial charge in [0.05, 0.1) is 12.1 Å². The molecule has 0 spiro atoms. The second-order valence-corrected chi connectivity index (χ2v) is 9.39. The summed E-state index contributed by atoms with van der Waals surface area (Å²) < 4.78 is 0. The summed E-state index contributed by atoms with van der Waals surface area (Å²) in [6.07, 6.45) is 3.90. The molecule has 0 bridgehead atoms. The molecule has 1 unspecified atom stereocenters. The maximum absolute atomic E-state index is 12.7. The summed E-state index contributed by atoms with van der Waals surface area (Å²) in [6.45, 7) is 8.64. The second kappa shape index (κ2) is 9.37. The average Bonchev–Trinajstić information content (AvgIpc) is 3.19. The number of benzene rings is 1. The minimum absolute atomic E-state index is 0.219. The molecule has 1 aromatic carbocycles. The van der Waals surface area contributed by atoms with Gasteiger partial charge in [-0.25, -0.2) is 4.98 Å². The predicted molar refractivity (Wildman–Crippen MR) is 119 cm³/mol. The van der Waals surface area contributed by atoms with E-state index in [4.69, 9.17) is 4.98 Å². The number of amides is 1. The maximum Gasteiger partial charge on any atom is 0.228 e. The summed E-state index contributed by atoms with van der Waals surface area (Å²) in [6, 6.07) is 9.14. The van der Waals surface area contributed by atoms with Crippen LogP contribution in [-0.4, -0.2) is 71.4 Å². The van der Waals surface area contributed by atoms with Gasteiger partial charge in [0.25, 0.3) is 0 Å². The number of hydrogen-bond donors (Lipinski definition) is 0. The fraction of sp³-hybridized carbons (Fsp3) is 0.565. The molecule has 0 radical (unpaired) electrons. The third kappa shape index (κ3) is 5.24. The first-order chi connectivity index (χ1) is 14.1. The molecule has 3 heterocycles. The molecular weight excluding hydrogens is 380 g/mol. The normalized spacial score (nSPS) is 21.4. The third-order valence-corrected chi connectivity index (χ3v) is 7.15. The van der Waals surface area contributed by atoms with Crippen molar-refractivity contribution in [3.63, 3.8) is 0 Å². The number of nitrogens with zero attached hydrogens (tertiary/aromatic N) is 4. The van der Waals surface area contributed by atoms with E-state index in [2.05, 4.69) is 48.0 Å². The van der Waals surface area contributed by atoms with E-state index >= 15 is 0 Å². The number of likely N-dealkylation sites (N-methyl/N-ethyl adjacent to an activating group) is 1. The first-order valence-corrected chi connectivity index (χ1v) is 11.7. The summed E-state index contributed by atoms with van der Waals surface area (Å²) in [7, 11) is 2.19. The predicted octanol–water partition coefficient (Wildman–Crippen LogP) is 3.50. The van der Waals surface area contributed by atoms with Crippen molar-refractivity contribution >= 4 is 17.2 Å². The zero-order chi connectivity index (χ0) is 20.2. The van der Waals surface area contributed by atoms with E-state index in [1.807, 2.05) is 10.3 Å². The van der Waals surface area contributed by atoms with Gasteiger partial charge >= 0.3 is 0 Å². The van der Waals surface area contributed by atoms with Gasteiger partial charge in [-0.2, -0.15) is 0 Å². The summed E-state index contributed by atoms with van der Waals surface area (Å²) in [5.74, 6) is 0.219. The molecule has 4 rings (SSSR count). The standard InChI is InChI=1S/C23H32N4OS/c1-18-5-3-4-10-27(18)22(28)15-21-17-29-23(24-21)20-8-6-19(7-9-20)16-26-13-11-25(2)12-14-26/h6-9,17-18H,3-5,10-16H2,1-2H3. The average molecular weight is 413 g/mol. The van der Waals surface area contributed by atoms with Gasteiger partial charge in [-0.1, -0.05) is 24.3 Å². The summed E-state index contributed by atoms with van der Waals surface area (Å²) in [4.78, 5) is 24.4. The minimum Gasteiger partial charge on any atom is -0.340 e. The largest absolute Gasteiger partial charge is 0.340 e. The molecule has 2 fully saturated rings. The highest BCUT2D eigenvalue weighted by atomic mass is 32.1. The number of hydrogen-bond acceptors (Lipinski definition) is 5. The van der Waals surface area contributed by atoms with Crippen molar-refractivity contribution in [2.45, 2.75) is 45.2 Å². The van der Waals surface area contributed by atoms with Crippen molar-refractivity contribution in [1.29, 1.82) is 0 Å². The highest BCUT2D eigenvalue weighted by Gasteiger charge is 2.23. The van der Waals surface area contributed by atoms with E-state index in [1.165, 1.54) is 12.0 Å². The number of piperazine rings is 1. The first kappa shape index (κ1) is 20.5. The Kier molecular flexibility index (Phi) is 6.63. The number of aromatic nitrogens is 1. The van der Waals surface area contributed by atoms with Gasteiger partial charge in [-0.3, -0.25) is 9.69 Å². The van der Waals surface area contributed by atoms with Crippen LogP contribution in [0.25, 0.3) is 10.6 Å². The fourth-order valence-corrected chi connectivity index (χ4v) is 5.09. The van der Waals surface area contributed by atoms with Crippen LogP contribution in [0.5, 0.6) is 0 Å². The minimum atomic E-state index is 0.219. The highest BCUT2D eigenvalue weighted by Crippen LogP contribution is 2.25. The Morgan fingerprint density at radius 1 is 1.10 bits per heavy atom. The van der Waals surface area contributed by atoms with Gasteiger partial charge in [-0.15, -0.1) is 11.3 Å². The van der Waals surface area contributed by atoms with Crippen LogP contribution < -0.4 is 0 Å². The molecule has 0 aliphatic carbocycles. The molecule has 2 aromatic rings. The molecule has 29 heavy (non-hydrogen) atoms. The van der Waals surface area contributed by atoms with Gasteiger partial charge in [-0.05, 0) is 38.8 Å². The van der Waals surface area contributed by atoms with E-state index in [-0.39, 0.29) is 5.91 Å². The number of rotatable bonds is 5. The number of carbonyl (C=O) groups is 1. The van der Waals surface area contributed by atoms with E-state index in [9.17, 15) is 4.79 Å². The monoisotopic (exact) mass is 412 g/mol.